The molecule has 1 aliphatic heterocycles. The molecule has 1 N–H and O–H groups in total. The minimum absolute atomic E-state index is 0.124. The number of rotatable bonds is 7. The molecule has 0 spiro atoms. The second-order valence-corrected chi connectivity index (χ2v) is 6.10. The van der Waals surface area contributed by atoms with Gasteiger partial charge in [-0.25, -0.2) is 0 Å². The van der Waals surface area contributed by atoms with Crippen molar-refractivity contribution in [1.29, 1.82) is 0 Å². The van der Waals surface area contributed by atoms with Crippen molar-refractivity contribution in [2.45, 2.75) is 25.3 Å². The number of carbonyl (C=O) groups is 1. The van der Waals surface area contributed by atoms with E-state index in [-0.39, 0.29) is 5.91 Å². The highest BCUT2D eigenvalue weighted by Gasteiger charge is 2.24. The number of amides is 1. The maximum atomic E-state index is 12.0. The molecule has 3 rings (SSSR count). The smallest absolute Gasteiger partial charge is 0.234 e. The number of nitrogens with zero attached hydrogens (tertiary/aromatic N) is 3. The fourth-order valence-corrected chi connectivity index (χ4v) is 3.13. The lowest BCUT2D eigenvalue weighted by atomic mass is 9.99. The number of benzene rings is 1. The van der Waals surface area contributed by atoms with Crippen molar-refractivity contribution in [3.05, 3.63) is 54.4 Å². The molecular formula is C18H24N4O. The number of nitrogens with one attached hydrogen (secondary N) is 1. The van der Waals surface area contributed by atoms with Gasteiger partial charge in [-0.2, -0.15) is 5.10 Å². The molecule has 5 heteroatoms. The SMILES string of the molecule is O=C(CN1CC[C@H](c2ccccc2)C1)NCCCn1cccn1. The van der Waals surface area contributed by atoms with Crippen LogP contribution in [-0.2, 0) is 11.3 Å². The van der Waals surface area contributed by atoms with Gasteiger partial charge < -0.3 is 5.32 Å². The van der Waals surface area contributed by atoms with Crippen LogP contribution in [0.1, 0.15) is 24.3 Å². The topological polar surface area (TPSA) is 50.2 Å². The van der Waals surface area contributed by atoms with E-state index in [4.69, 9.17) is 0 Å². The van der Waals surface area contributed by atoms with Gasteiger partial charge in [0, 0.05) is 32.0 Å². The first-order valence-corrected chi connectivity index (χ1v) is 8.33. The molecule has 1 aromatic carbocycles. The van der Waals surface area contributed by atoms with E-state index >= 15 is 0 Å². The standard InChI is InChI=1S/C18H24N4O/c23-18(19-9-4-11-22-12-5-10-20-22)15-21-13-8-17(14-21)16-6-2-1-3-7-16/h1-3,5-7,10,12,17H,4,8-9,11,13-15H2,(H,19,23)/t17-/m0/s1. The summed E-state index contributed by atoms with van der Waals surface area (Å²) >= 11 is 0. The third-order valence-electron chi connectivity index (χ3n) is 4.36. The maximum Gasteiger partial charge on any atom is 0.234 e. The normalized spacial score (nSPS) is 18.2. The molecule has 0 aliphatic carbocycles. The van der Waals surface area contributed by atoms with Crippen molar-refractivity contribution < 1.29 is 4.79 Å². The highest BCUT2D eigenvalue weighted by molar-refractivity contribution is 5.78. The molecule has 1 amide bonds. The fourth-order valence-electron chi connectivity index (χ4n) is 3.13. The number of likely N-dealkylation sites (tertiary alicyclic amines) is 1. The molecule has 0 radical (unpaired) electrons. The number of aromatic nitrogens is 2. The fraction of sp³-hybridized carbons (Fsp3) is 0.444. The third-order valence-corrected chi connectivity index (χ3v) is 4.36. The van der Waals surface area contributed by atoms with Gasteiger partial charge in [-0.15, -0.1) is 0 Å². The van der Waals surface area contributed by atoms with Gasteiger partial charge in [-0.3, -0.25) is 14.4 Å². The average Bonchev–Trinajstić information content (AvgIpc) is 3.24. The predicted molar refractivity (Wildman–Crippen MR) is 90.1 cm³/mol. The van der Waals surface area contributed by atoms with Crippen molar-refractivity contribution in [2.75, 3.05) is 26.2 Å². The number of aryl methyl sites for hydroxylation is 1. The highest BCUT2D eigenvalue weighted by Crippen LogP contribution is 2.26. The lowest BCUT2D eigenvalue weighted by Gasteiger charge is -2.16. The van der Waals surface area contributed by atoms with Crippen LogP contribution in [-0.4, -0.2) is 46.8 Å². The van der Waals surface area contributed by atoms with Crippen molar-refractivity contribution in [1.82, 2.24) is 20.0 Å². The zero-order valence-electron chi connectivity index (χ0n) is 13.4. The van der Waals surface area contributed by atoms with E-state index in [1.165, 1.54) is 5.56 Å². The summed E-state index contributed by atoms with van der Waals surface area (Å²) in [7, 11) is 0. The number of hydrogen-bond acceptors (Lipinski definition) is 3. The lowest BCUT2D eigenvalue weighted by Crippen LogP contribution is -2.36. The molecular weight excluding hydrogens is 288 g/mol. The zero-order valence-corrected chi connectivity index (χ0v) is 13.4. The molecule has 5 nitrogen and oxygen atoms in total. The van der Waals surface area contributed by atoms with E-state index in [2.05, 4.69) is 39.6 Å². The summed E-state index contributed by atoms with van der Waals surface area (Å²) in [5.41, 5.74) is 1.38. The minimum atomic E-state index is 0.124. The van der Waals surface area contributed by atoms with E-state index in [9.17, 15) is 4.79 Å². The Morgan fingerprint density at radius 2 is 2.13 bits per heavy atom. The molecule has 1 aromatic heterocycles. The van der Waals surface area contributed by atoms with E-state index in [0.29, 0.717) is 19.0 Å². The van der Waals surface area contributed by atoms with Crippen LogP contribution >= 0.6 is 0 Å². The molecule has 122 valence electrons. The summed E-state index contributed by atoms with van der Waals surface area (Å²) in [5.74, 6) is 0.683. The van der Waals surface area contributed by atoms with Crippen LogP contribution in [0.4, 0.5) is 0 Å². The summed E-state index contributed by atoms with van der Waals surface area (Å²) < 4.78 is 1.89. The molecule has 0 unspecified atom stereocenters. The Morgan fingerprint density at radius 1 is 1.26 bits per heavy atom. The molecule has 1 fully saturated rings. The van der Waals surface area contributed by atoms with Crippen molar-refractivity contribution in [3.63, 3.8) is 0 Å². The van der Waals surface area contributed by atoms with Gasteiger partial charge in [0.25, 0.3) is 0 Å². The molecule has 1 atom stereocenters. The minimum Gasteiger partial charge on any atom is -0.355 e. The Bertz CT molecular complexity index is 597. The van der Waals surface area contributed by atoms with Gasteiger partial charge in [0.1, 0.15) is 0 Å². The summed E-state index contributed by atoms with van der Waals surface area (Å²) in [5, 5.41) is 7.15. The van der Waals surface area contributed by atoms with Crippen LogP contribution in [0.3, 0.4) is 0 Å². The van der Waals surface area contributed by atoms with Gasteiger partial charge in [0.2, 0.25) is 5.91 Å². The molecule has 1 aliphatic rings. The Balaban J connectivity index is 1.34. The quantitative estimate of drug-likeness (QED) is 0.794. The van der Waals surface area contributed by atoms with Crippen LogP contribution in [0.25, 0.3) is 0 Å². The van der Waals surface area contributed by atoms with Crippen LogP contribution in [0.15, 0.2) is 48.8 Å². The van der Waals surface area contributed by atoms with Crippen molar-refractivity contribution >= 4 is 5.91 Å². The zero-order chi connectivity index (χ0) is 15.9. The van der Waals surface area contributed by atoms with Crippen molar-refractivity contribution in [2.24, 2.45) is 0 Å². The van der Waals surface area contributed by atoms with Gasteiger partial charge >= 0.3 is 0 Å². The van der Waals surface area contributed by atoms with Crippen LogP contribution in [0.2, 0.25) is 0 Å². The van der Waals surface area contributed by atoms with Gasteiger partial charge in [0.15, 0.2) is 0 Å². The number of carbonyl (C=O) groups excluding carboxylic acids is 1. The molecule has 0 saturated carbocycles. The highest BCUT2D eigenvalue weighted by atomic mass is 16.2. The predicted octanol–water partition coefficient (Wildman–Crippen LogP) is 1.88. The third kappa shape index (κ3) is 4.66. The molecule has 2 heterocycles. The Morgan fingerprint density at radius 3 is 2.91 bits per heavy atom. The lowest BCUT2D eigenvalue weighted by molar-refractivity contribution is -0.122. The molecule has 1 saturated heterocycles. The Kier molecular flexibility index (Phi) is 5.42. The summed E-state index contributed by atoms with van der Waals surface area (Å²) in [4.78, 5) is 14.3. The van der Waals surface area contributed by atoms with Gasteiger partial charge in [-0.05, 0) is 36.9 Å². The maximum absolute atomic E-state index is 12.0. The van der Waals surface area contributed by atoms with Crippen LogP contribution < -0.4 is 5.32 Å². The van der Waals surface area contributed by atoms with E-state index in [1.807, 2.05) is 23.0 Å². The van der Waals surface area contributed by atoms with Gasteiger partial charge in [0.05, 0.1) is 6.54 Å². The summed E-state index contributed by atoms with van der Waals surface area (Å²) in [6.07, 6.45) is 5.75. The second-order valence-electron chi connectivity index (χ2n) is 6.10. The van der Waals surface area contributed by atoms with E-state index < -0.39 is 0 Å². The largest absolute Gasteiger partial charge is 0.355 e. The van der Waals surface area contributed by atoms with Crippen molar-refractivity contribution in [3.8, 4) is 0 Å². The monoisotopic (exact) mass is 312 g/mol. The first kappa shape index (κ1) is 15.7. The van der Waals surface area contributed by atoms with E-state index in [1.54, 1.807) is 6.20 Å². The summed E-state index contributed by atoms with van der Waals surface area (Å²) in [6.45, 7) is 4.03. The Labute approximate surface area is 137 Å². The molecule has 2 aromatic rings. The molecule has 23 heavy (non-hydrogen) atoms. The first-order valence-electron chi connectivity index (χ1n) is 8.33. The van der Waals surface area contributed by atoms with Gasteiger partial charge in [-0.1, -0.05) is 30.3 Å². The Hall–Kier alpha value is -2.14. The van der Waals surface area contributed by atoms with Crippen LogP contribution in [0, 0.1) is 0 Å². The van der Waals surface area contributed by atoms with Crippen LogP contribution in [0.5, 0.6) is 0 Å². The average molecular weight is 312 g/mol. The summed E-state index contributed by atoms with van der Waals surface area (Å²) in [6, 6.07) is 12.5. The van der Waals surface area contributed by atoms with E-state index in [0.717, 1.165) is 32.5 Å². The number of hydrogen-bond donors (Lipinski definition) is 1. The molecule has 0 bridgehead atoms. The second kappa shape index (κ2) is 7.92. The first-order chi connectivity index (χ1) is 11.3.